The summed E-state index contributed by atoms with van der Waals surface area (Å²) in [6, 6.07) is 0. The first-order valence-corrected chi connectivity index (χ1v) is 6.01. The molecule has 0 aliphatic heterocycles. The van der Waals surface area contributed by atoms with Crippen molar-refractivity contribution in [2.24, 2.45) is 7.05 Å². The molecule has 8 nitrogen and oxygen atoms in total. The number of anilines is 1. The average Bonchev–Trinajstić information content (AvgIpc) is 3.04. The Kier molecular flexibility index (Phi) is 3.83. The molecule has 20 heavy (non-hydrogen) atoms. The van der Waals surface area contributed by atoms with Gasteiger partial charge in [0.05, 0.1) is 24.6 Å². The summed E-state index contributed by atoms with van der Waals surface area (Å²) in [7, 11) is 2.98. The molecule has 0 aliphatic carbocycles. The summed E-state index contributed by atoms with van der Waals surface area (Å²) < 4.78 is 7.71. The molecular weight excluding hydrogens is 262 g/mol. The number of hydrogen-bond donors (Lipinski definition) is 1. The molecule has 0 aromatic carbocycles. The van der Waals surface area contributed by atoms with Gasteiger partial charge in [0.25, 0.3) is 5.91 Å². The highest BCUT2D eigenvalue weighted by Gasteiger charge is 2.19. The van der Waals surface area contributed by atoms with Crippen LogP contribution in [0.2, 0.25) is 0 Å². The highest BCUT2D eigenvalue weighted by atomic mass is 16.5. The van der Waals surface area contributed by atoms with Crippen LogP contribution in [-0.4, -0.2) is 38.5 Å². The lowest BCUT2D eigenvalue weighted by molar-refractivity contribution is 0.0594. The molecule has 2 aromatic heterocycles. The van der Waals surface area contributed by atoms with E-state index in [1.54, 1.807) is 24.1 Å². The molecule has 2 rings (SSSR count). The van der Waals surface area contributed by atoms with Crippen LogP contribution < -0.4 is 5.32 Å². The van der Waals surface area contributed by atoms with E-state index < -0.39 is 5.97 Å². The number of amides is 1. The largest absolute Gasteiger partial charge is 0.464 e. The van der Waals surface area contributed by atoms with Crippen LogP contribution in [0.15, 0.2) is 18.6 Å². The number of aromatic nitrogens is 4. The lowest BCUT2D eigenvalue weighted by atomic mass is 10.3. The summed E-state index contributed by atoms with van der Waals surface area (Å²) in [4.78, 5) is 23.7. The third-order valence-electron chi connectivity index (χ3n) is 2.68. The second-order valence-electron chi connectivity index (χ2n) is 4.10. The van der Waals surface area contributed by atoms with Crippen molar-refractivity contribution >= 4 is 17.6 Å². The fraction of sp³-hybridized carbons (Fsp3) is 0.333. The van der Waals surface area contributed by atoms with Crippen LogP contribution in [-0.2, 0) is 18.3 Å². The predicted octanol–water partition coefficient (Wildman–Crippen LogP) is 0.675. The SMILES string of the molecule is CCn1cc(NC(=O)c2cnn(C)c2)c(C(=O)OC)n1. The molecule has 8 heteroatoms. The van der Waals surface area contributed by atoms with Gasteiger partial charge in [0.1, 0.15) is 0 Å². The number of aryl methyl sites for hydroxylation is 2. The zero-order chi connectivity index (χ0) is 14.7. The maximum Gasteiger partial charge on any atom is 0.360 e. The van der Waals surface area contributed by atoms with Crippen molar-refractivity contribution in [3.63, 3.8) is 0 Å². The second-order valence-corrected chi connectivity index (χ2v) is 4.10. The lowest BCUT2D eigenvalue weighted by Crippen LogP contribution is -2.14. The first-order valence-electron chi connectivity index (χ1n) is 6.01. The van der Waals surface area contributed by atoms with E-state index >= 15 is 0 Å². The summed E-state index contributed by atoms with van der Waals surface area (Å²) in [5, 5.41) is 10.6. The van der Waals surface area contributed by atoms with Gasteiger partial charge in [0, 0.05) is 26.0 Å². The van der Waals surface area contributed by atoms with Gasteiger partial charge in [-0.3, -0.25) is 14.2 Å². The summed E-state index contributed by atoms with van der Waals surface area (Å²) in [5.74, 6) is -0.961. The molecular formula is C12H15N5O3. The van der Waals surface area contributed by atoms with Crippen LogP contribution in [0.1, 0.15) is 27.8 Å². The Hall–Kier alpha value is -2.64. The molecule has 0 unspecified atom stereocenters. The van der Waals surface area contributed by atoms with Gasteiger partial charge in [0.15, 0.2) is 5.69 Å². The van der Waals surface area contributed by atoms with Gasteiger partial charge in [-0.25, -0.2) is 4.79 Å². The van der Waals surface area contributed by atoms with Crippen LogP contribution in [0.25, 0.3) is 0 Å². The molecule has 0 saturated carbocycles. The Bertz CT molecular complexity index is 643. The smallest absolute Gasteiger partial charge is 0.360 e. The Morgan fingerprint density at radius 3 is 2.70 bits per heavy atom. The summed E-state index contributed by atoms with van der Waals surface area (Å²) >= 11 is 0. The molecule has 1 N–H and O–H groups in total. The van der Waals surface area contributed by atoms with Gasteiger partial charge < -0.3 is 10.1 Å². The molecule has 0 saturated heterocycles. The van der Waals surface area contributed by atoms with E-state index in [4.69, 9.17) is 0 Å². The molecule has 0 bridgehead atoms. The van der Waals surface area contributed by atoms with Gasteiger partial charge in [-0.1, -0.05) is 0 Å². The number of hydrogen-bond acceptors (Lipinski definition) is 5. The minimum Gasteiger partial charge on any atom is -0.464 e. The van der Waals surface area contributed by atoms with Crippen LogP contribution in [0.5, 0.6) is 0 Å². The fourth-order valence-corrected chi connectivity index (χ4v) is 1.66. The highest BCUT2D eigenvalue weighted by molar-refractivity contribution is 6.07. The number of nitrogens with zero attached hydrogens (tertiary/aromatic N) is 4. The van der Waals surface area contributed by atoms with Gasteiger partial charge in [-0.05, 0) is 6.92 Å². The zero-order valence-corrected chi connectivity index (χ0v) is 11.5. The predicted molar refractivity (Wildman–Crippen MR) is 70.4 cm³/mol. The van der Waals surface area contributed by atoms with E-state index in [-0.39, 0.29) is 11.6 Å². The summed E-state index contributed by atoms with van der Waals surface area (Å²) in [6.45, 7) is 2.45. The summed E-state index contributed by atoms with van der Waals surface area (Å²) in [5.41, 5.74) is 0.784. The van der Waals surface area contributed by atoms with Gasteiger partial charge in [0.2, 0.25) is 0 Å². The number of esters is 1. The first kappa shape index (κ1) is 13.8. The molecule has 0 radical (unpaired) electrons. The third-order valence-corrected chi connectivity index (χ3v) is 2.68. The van der Waals surface area contributed by atoms with Gasteiger partial charge in [-0.2, -0.15) is 10.2 Å². The molecule has 0 aliphatic rings. The Morgan fingerprint density at radius 2 is 2.15 bits per heavy atom. The minimum atomic E-state index is -0.598. The maximum absolute atomic E-state index is 12.0. The molecule has 2 aromatic rings. The van der Waals surface area contributed by atoms with Crippen LogP contribution in [0.3, 0.4) is 0 Å². The lowest BCUT2D eigenvalue weighted by Gasteiger charge is -2.02. The quantitative estimate of drug-likeness (QED) is 0.830. The molecule has 2 heterocycles. The second kappa shape index (κ2) is 5.55. The number of carbonyl (C=O) groups excluding carboxylic acids is 2. The molecule has 0 spiro atoms. The average molecular weight is 277 g/mol. The zero-order valence-electron chi connectivity index (χ0n) is 11.5. The standard InChI is InChI=1S/C12H15N5O3/c1-4-17-7-9(10(15-17)12(19)20-3)14-11(18)8-5-13-16(2)6-8/h5-7H,4H2,1-3H3,(H,14,18). The van der Waals surface area contributed by atoms with E-state index in [9.17, 15) is 9.59 Å². The van der Waals surface area contributed by atoms with E-state index in [2.05, 4.69) is 20.3 Å². The van der Waals surface area contributed by atoms with E-state index in [1.165, 1.54) is 18.0 Å². The summed E-state index contributed by atoms with van der Waals surface area (Å²) in [6.07, 6.45) is 4.61. The van der Waals surface area contributed by atoms with Crippen molar-refractivity contribution in [3.05, 3.63) is 29.8 Å². The van der Waals surface area contributed by atoms with Crippen molar-refractivity contribution in [1.29, 1.82) is 0 Å². The number of methoxy groups -OCH3 is 1. The van der Waals surface area contributed by atoms with E-state index in [0.717, 1.165) is 0 Å². The van der Waals surface area contributed by atoms with Crippen molar-refractivity contribution in [3.8, 4) is 0 Å². The third kappa shape index (κ3) is 2.68. The maximum atomic E-state index is 12.0. The van der Waals surface area contributed by atoms with Crippen molar-refractivity contribution in [2.45, 2.75) is 13.5 Å². The van der Waals surface area contributed by atoms with Crippen LogP contribution >= 0.6 is 0 Å². The van der Waals surface area contributed by atoms with Crippen molar-refractivity contribution < 1.29 is 14.3 Å². The van der Waals surface area contributed by atoms with Crippen molar-refractivity contribution in [2.75, 3.05) is 12.4 Å². The normalized spacial score (nSPS) is 10.3. The molecule has 106 valence electrons. The minimum absolute atomic E-state index is 0.0755. The Morgan fingerprint density at radius 1 is 1.40 bits per heavy atom. The molecule has 0 atom stereocenters. The van der Waals surface area contributed by atoms with Crippen LogP contribution in [0.4, 0.5) is 5.69 Å². The highest BCUT2D eigenvalue weighted by Crippen LogP contribution is 2.16. The van der Waals surface area contributed by atoms with Gasteiger partial charge in [-0.15, -0.1) is 0 Å². The van der Waals surface area contributed by atoms with Crippen molar-refractivity contribution in [1.82, 2.24) is 19.6 Å². The van der Waals surface area contributed by atoms with E-state index in [1.807, 2.05) is 6.92 Å². The molecule has 1 amide bonds. The Balaban J connectivity index is 2.26. The van der Waals surface area contributed by atoms with Gasteiger partial charge >= 0.3 is 5.97 Å². The number of ether oxygens (including phenoxy) is 1. The van der Waals surface area contributed by atoms with Crippen LogP contribution in [0, 0.1) is 0 Å². The topological polar surface area (TPSA) is 91.0 Å². The molecule has 0 fully saturated rings. The number of carbonyl (C=O) groups is 2. The first-order chi connectivity index (χ1) is 9.55. The van der Waals surface area contributed by atoms with E-state index in [0.29, 0.717) is 17.8 Å². The number of rotatable bonds is 4. The number of nitrogens with one attached hydrogen (secondary N) is 1. The Labute approximate surface area is 115 Å². The monoisotopic (exact) mass is 277 g/mol. The fourth-order valence-electron chi connectivity index (χ4n) is 1.66.